The molecule has 2 N–H and O–H groups in total. The molecule has 1 heterocycles. The van der Waals surface area contributed by atoms with Crippen molar-refractivity contribution in [1.29, 1.82) is 0 Å². The van der Waals surface area contributed by atoms with Gasteiger partial charge in [0.2, 0.25) is 0 Å². The summed E-state index contributed by atoms with van der Waals surface area (Å²) in [5.41, 5.74) is 6.51. The van der Waals surface area contributed by atoms with Crippen molar-refractivity contribution in [3.05, 3.63) is 47.3 Å². The highest BCUT2D eigenvalue weighted by Gasteiger charge is 2.33. The van der Waals surface area contributed by atoms with Gasteiger partial charge in [-0.2, -0.15) is 13.2 Å². The Balaban J connectivity index is 2.37. The molecule has 1 aromatic heterocycles. The van der Waals surface area contributed by atoms with Gasteiger partial charge in [-0.05, 0) is 37.1 Å². The lowest BCUT2D eigenvalue weighted by atomic mass is 10.1. The molecule has 0 saturated heterocycles. The Morgan fingerprint density at radius 1 is 1.05 bits per heavy atom. The van der Waals surface area contributed by atoms with Crippen molar-refractivity contribution in [2.45, 2.75) is 20.0 Å². The second kappa shape index (κ2) is 5.03. The monoisotopic (exact) mass is 282 g/mol. The van der Waals surface area contributed by atoms with E-state index in [-0.39, 0.29) is 11.4 Å². The number of aromatic nitrogens is 1. The number of hydrogen-bond acceptors (Lipinski definition) is 3. The Morgan fingerprint density at radius 2 is 1.65 bits per heavy atom. The van der Waals surface area contributed by atoms with Gasteiger partial charge in [-0.1, -0.05) is 6.07 Å². The van der Waals surface area contributed by atoms with Crippen LogP contribution in [0.1, 0.15) is 16.8 Å². The molecule has 0 atom stereocenters. The van der Waals surface area contributed by atoms with Crippen LogP contribution in [0, 0.1) is 13.8 Å². The van der Waals surface area contributed by atoms with E-state index in [1.54, 1.807) is 12.1 Å². The summed E-state index contributed by atoms with van der Waals surface area (Å²) < 4.78 is 43.3. The lowest BCUT2D eigenvalue weighted by Gasteiger charge is -2.12. The number of hydrogen-bond donors (Lipinski definition) is 1. The summed E-state index contributed by atoms with van der Waals surface area (Å²) in [5.74, 6) is 0.380. The normalized spacial score (nSPS) is 11.4. The van der Waals surface area contributed by atoms with E-state index in [0.29, 0.717) is 5.75 Å². The van der Waals surface area contributed by atoms with Crippen LogP contribution in [0.2, 0.25) is 0 Å². The molecule has 2 aromatic rings. The number of halogens is 3. The SMILES string of the molecule is Cc1cc(C)cc(Oc2cc(C(F)(F)F)ncc2N)c1. The molecule has 0 aliphatic rings. The summed E-state index contributed by atoms with van der Waals surface area (Å²) in [6, 6.07) is 6.18. The van der Waals surface area contributed by atoms with Crippen LogP contribution in [0.4, 0.5) is 18.9 Å². The molecule has 0 radical (unpaired) electrons. The molecule has 3 nitrogen and oxygen atoms in total. The lowest BCUT2D eigenvalue weighted by Crippen LogP contribution is -2.08. The Bertz CT molecular complexity index is 619. The zero-order valence-electron chi connectivity index (χ0n) is 11.0. The number of anilines is 1. The van der Waals surface area contributed by atoms with Crippen molar-refractivity contribution in [2.24, 2.45) is 0 Å². The predicted octanol–water partition coefficient (Wildman–Crippen LogP) is 4.09. The van der Waals surface area contributed by atoms with Crippen LogP contribution in [0.5, 0.6) is 11.5 Å². The van der Waals surface area contributed by atoms with Crippen LogP contribution in [-0.2, 0) is 6.18 Å². The molecule has 0 saturated carbocycles. The molecule has 1 aromatic carbocycles. The van der Waals surface area contributed by atoms with Gasteiger partial charge in [-0.25, -0.2) is 4.98 Å². The van der Waals surface area contributed by atoms with E-state index in [9.17, 15) is 13.2 Å². The van der Waals surface area contributed by atoms with Gasteiger partial charge >= 0.3 is 6.18 Å². The van der Waals surface area contributed by atoms with Crippen LogP contribution < -0.4 is 10.5 Å². The molecule has 2 rings (SSSR count). The average molecular weight is 282 g/mol. The van der Waals surface area contributed by atoms with E-state index in [1.807, 2.05) is 19.9 Å². The molecule has 0 aliphatic carbocycles. The summed E-state index contributed by atoms with van der Waals surface area (Å²) in [5, 5.41) is 0. The lowest BCUT2D eigenvalue weighted by molar-refractivity contribution is -0.141. The van der Waals surface area contributed by atoms with Crippen molar-refractivity contribution in [3.8, 4) is 11.5 Å². The topological polar surface area (TPSA) is 48.1 Å². The predicted molar refractivity (Wildman–Crippen MR) is 69.6 cm³/mol. The molecule has 20 heavy (non-hydrogen) atoms. The number of pyridine rings is 1. The standard InChI is InChI=1S/C14H13F3N2O/c1-8-3-9(2)5-10(4-8)20-12-6-13(14(15,16)17)19-7-11(12)18/h3-7H,18H2,1-2H3. The fourth-order valence-corrected chi connectivity index (χ4v) is 1.81. The van der Waals surface area contributed by atoms with Crippen molar-refractivity contribution >= 4 is 5.69 Å². The highest BCUT2D eigenvalue weighted by atomic mass is 19.4. The highest BCUT2D eigenvalue weighted by Crippen LogP contribution is 2.34. The minimum Gasteiger partial charge on any atom is -0.455 e. The fraction of sp³-hybridized carbons (Fsp3) is 0.214. The van der Waals surface area contributed by atoms with Gasteiger partial charge in [0, 0.05) is 6.07 Å². The van der Waals surface area contributed by atoms with Gasteiger partial charge in [0.1, 0.15) is 11.4 Å². The number of ether oxygens (including phenoxy) is 1. The summed E-state index contributed by atoms with van der Waals surface area (Å²) in [6.07, 6.45) is -3.59. The zero-order chi connectivity index (χ0) is 14.9. The molecular weight excluding hydrogens is 269 g/mol. The van der Waals surface area contributed by atoms with Crippen molar-refractivity contribution in [1.82, 2.24) is 4.98 Å². The third kappa shape index (κ3) is 3.20. The molecule has 0 unspecified atom stereocenters. The highest BCUT2D eigenvalue weighted by molar-refractivity contribution is 5.53. The van der Waals surface area contributed by atoms with Crippen molar-refractivity contribution in [3.63, 3.8) is 0 Å². The first-order chi connectivity index (χ1) is 9.25. The molecule has 0 amide bonds. The molecule has 0 spiro atoms. The van der Waals surface area contributed by atoms with E-state index < -0.39 is 11.9 Å². The van der Waals surface area contributed by atoms with Gasteiger partial charge in [0.15, 0.2) is 5.75 Å². The number of nitrogen functional groups attached to an aromatic ring is 1. The first-order valence-electron chi connectivity index (χ1n) is 5.84. The van der Waals surface area contributed by atoms with E-state index in [2.05, 4.69) is 4.98 Å². The minimum atomic E-state index is -4.53. The quantitative estimate of drug-likeness (QED) is 0.902. The number of benzene rings is 1. The van der Waals surface area contributed by atoms with E-state index >= 15 is 0 Å². The van der Waals surface area contributed by atoms with E-state index in [0.717, 1.165) is 23.4 Å². The van der Waals surface area contributed by atoms with Crippen LogP contribution in [0.15, 0.2) is 30.5 Å². The number of alkyl halides is 3. The summed E-state index contributed by atoms with van der Waals surface area (Å²) in [4.78, 5) is 3.26. The van der Waals surface area contributed by atoms with Gasteiger partial charge in [-0.3, -0.25) is 0 Å². The zero-order valence-corrected chi connectivity index (χ0v) is 11.0. The maximum absolute atomic E-state index is 12.6. The maximum atomic E-state index is 12.6. The Kier molecular flexibility index (Phi) is 3.57. The van der Waals surface area contributed by atoms with Gasteiger partial charge in [0.05, 0.1) is 11.9 Å². The summed E-state index contributed by atoms with van der Waals surface area (Å²) in [6.45, 7) is 3.74. The second-order valence-corrected chi connectivity index (χ2v) is 4.53. The van der Waals surface area contributed by atoms with Crippen LogP contribution >= 0.6 is 0 Å². The largest absolute Gasteiger partial charge is 0.455 e. The smallest absolute Gasteiger partial charge is 0.433 e. The fourth-order valence-electron chi connectivity index (χ4n) is 1.81. The minimum absolute atomic E-state index is 0.0529. The molecule has 0 fully saturated rings. The van der Waals surface area contributed by atoms with E-state index in [4.69, 9.17) is 10.5 Å². The van der Waals surface area contributed by atoms with Crippen molar-refractivity contribution < 1.29 is 17.9 Å². The number of nitrogens with zero attached hydrogens (tertiary/aromatic N) is 1. The molecule has 0 aliphatic heterocycles. The molecule has 6 heteroatoms. The molecule has 0 bridgehead atoms. The summed E-state index contributed by atoms with van der Waals surface area (Å²) in [7, 11) is 0. The number of nitrogens with two attached hydrogens (primary N) is 1. The first-order valence-corrected chi connectivity index (χ1v) is 5.84. The van der Waals surface area contributed by atoms with E-state index in [1.165, 1.54) is 0 Å². The van der Waals surface area contributed by atoms with Gasteiger partial charge in [-0.15, -0.1) is 0 Å². The van der Waals surface area contributed by atoms with Crippen LogP contribution in [0.25, 0.3) is 0 Å². The first kappa shape index (κ1) is 14.2. The van der Waals surface area contributed by atoms with Gasteiger partial charge < -0.3 is 10.5 Å². The Hall–Kier alpha value is -2.24. The van der Waals surface area contributed by atoms with Gasteiger partial charge in [0.25, 0.3) is 0 Å². The van der Waals surface area contributed by atoms with Crippen LogP contribution in [0.3, 0.4) is 0 Å². The molecular formula is C14H13F3N2O. The van der Waals surface area contributed by atoms with Crippen molar-refractivity contribution in [2.75, 3.05) is 5.73 Å². The third-order valence-corrected chi connectivity index (χ3v) is 2.61. The Labute approximate surface area is 114 Å². The second-order valence-electron chi connectivity index (χ2n) is 4.53. The third-order valence-electron chi connectivity index (χ3n) is 2.61. The average Bonchev–Trinajstić information content (AvgIpc) is 2.29. The Morgan fingerprint density at radius 3 is 2.20 bits per heavy atom. The maximum Gasteiger partial charge on any atom is 0.433 e. The molecule has 106 valence electrons. The summed E-state index contributed by atoms with van der Waals surface area (Å²) >= 11 is 0. The number of aryl methyl sites for hydroxylation is 2. The number of rotatable bonds is 2. The van der Waals surface area contributed by atoms with Crippen LogP contribution in [-0.4, -0.2) is 4.98 Å².